The van der Waals surface area contributed by atoms with Crippen LogP contribution in [0.3, 0.4) is 0 Å². The molecule has 0 amide bonds. The number of aromatic nitrogens is 4. The van der Waals surface area contributed by atoms with Gasteiger partial charge in [-0.15, -0.1) is 0 Å². The van der Waals surface area contributed by atoms with Crippen LogP contribution in [0.5, 0.6) is 0 Å². The number of nitrogens with one attached hydrogen (secondary N) is 4. The third kappa shape index (κ3) is 3.22. The molecule has 0 aliphatic heterocycles. The van der Waals surface area contributed by atoms with Crippen LogP contribution in [0.15, 0.2) is 48.8 Å². The van der Waals surface area contributed by atoms with Gasteiger partial charge in [0.1, 0.15) is 11.5 Å². The molecule has 0 bridgehead atoms. The Labute approximate surface area is 176 Å². The molecule has 10 nitrogen and oxygen atoms in total. The average molecular weight is 474 g/mol. The number of rotatable bonds is 5. The molecule has 0 radical (unpaired) electrons. The van der Waals surface area contributed by atoms with Gasteiger partial charge in [0.25, 0.3) is 16.8 Å². The number of hydrogen-bond donors (Lipinski definition) is 4. The number of furan rings is 1. The predicted octanol–water partition coefficient (Wildman–Crippen LogP) is 3.45. The highest BCUT2D eigenvalue weighted by molar-refractivity contribution is 9.10. The molecule has 1 aromatic carbocycles. The van der Waals surface area contributed by atoms with Crippen molar-refractivity contribution in [1.29, 1.82) is 0 Å². The topological polar surface area (TPSA) is 154 Å². The van der Waals surface area contributed by atoms with E-state index in [1.54, 1.807) is 32.0 Å². The summed E-state index contributed by atoms with van der Waals surface area (Å²) in [7, 11) is 0. The SMILES string of the molecule is Cc1[nH][nH]c(=O)c1C(c1ccc(-c2ccc([N+](=O)[O-])cc2Br)o1)c1c(C)[nH][nH]c1=O. The van der Waals surface area contributed by atoms with Crippen LogP contribution in [0.25, 0.3) is 11.3 Å². The number of nitro benzene ring substituents is 1. The Morgan fingerprint density at radius 3 is 2.03 bits per heavy atom. The average Bonchev–Trinajstić information content (AvgIpc) is 3.39. The first kappa shape index (κ1) is 19.7. The maximum absolute atomic E-state index is 12.5. The second kappa shape index (κ2) is 7.34. The first-order valence-corrected chi connectivity index (χ1v) is 9.65. The lowest BCUT2D eigenvalue weighted by Crippen LogP contribution is -2.19. The molecule has 0 saturated carbocycles. The van der Waals surface area contributed by atoms with Gasteiger partial charge in [-0.2, -0.15) is 0 Å². The molecular formula is C19H16BrN5O5. The number of hydrogen-bond acceptors (Lipinski definition) is 5. The zero-order valence-corrected chi connectivity index (χ0v) is 17.4. The molecule has 0 aliphatic carbocycles. The van der Waals surface area contributed by atoms with E-state index in [1.807, 2.05) is 0 Å². The zero-order valence-electron chi connectivity index (χ0n) is 15.8. The van der Waals surface area contributed by atoms with Crippen LogP contribution < -0.4 is 11.1 Å². The van der Waals surface area contributed by atoms with E-state index in [-0.39, 0.29) is 16.8 Å². The first-order valence-electron chi connectivity index (χ1n) is 8.86. The fourth-order valence-electron chi connectivity index (χ4n) is 3.51. The van der Waals surface area contributed by atoms with E-state index >= 15 is 0 Å². The number of nitro groups is 1. The Morgan fingerprint density at radius 1 is 0.967 bits per heavy atom. The number of aryl methyl sites for hydroxylation is 2. The number of non-ortho nitro benzene ring substituents is 1. The van der Waals surface area contributed by atoms with Crippen molar-refractivity contribution >= 4 is 21.6 Å². The molecule has 0 saturated heterocycles. The molecular weight excluding hydrogens is 458 g/mol. The van der Waals surface area contributed by atoms with Gasteiger partial charge >= 0.3 is 0 Å². The van der Waals surface area contributed by atoms with E-state index in [4.69, 9.17) is 4.42 Å². The Kier molecular flexibility index (Phi) is 4.82. The minimum atomic E-state index is -0.749. The normalized spacial score (nSPS) is 11.3. The third-order valence-corrected chi connectivity index (χ3v) is 5.60. The van der Waals surface area contributed by atoms with Gasteiger partial charge in [-0.25, -0.2) is 0 Å². The largest absolute Gasteiger partial charge is 0.460 e. The Hall–Kier alpha value is -3.60. The third-order valence-electron chi connectivity index (χ3n) is 4.94. The molecule has 154 valence electrons. The summed E-state index contributed by atoms with van der Waals surface area (Å²) in [6.07, 6.45) is 0. The molecule has 11 heteroatoms. The smallest absolute Gasteiger partial charge is 0.270 e. The minimum absolute atomic E-state index is 0.0563. The van der Waals surface area contributed by atoms with Crippen molar-refractivity contribution in [2.45, 2.75) is 19.8 Å². The van der Waals surface area contributed by atoms with Crippen molar-refractivity contribution < 1.29 is 9.34 Å². The lowest BCUT2D eigenvalue weighted by Gasteiger charge is -2.12. The summed E-state index contributed by atoms with van der Waals surface area (Å²) in [5.41, 5.74) is 1.74. The van der Waals surface area contributed by atoms with Crippen molar-refractivity contribution in [3.05, 3.63) is 93.9 Å². The van der Waals surface area contributed by atoms with Gasteiger partial charge < -0.3 is 14.6 Å². The lowest BCUT2D eigenvalue weighted by molar-refractivity contribution is -0.384. The number of H-pyrrole nitrogens is 4. The van der Waals surface area contributed by atoms with Crippen molar-refractivity contribution in [2.24, 2.45) is 0 Å². The van der Waals surface area contributed by atoms with Crippen LogP contribution in [0.2, 0.25) is 0 Å². The fraction of sp³-hybridized carbons (Fsp3) is 0.158. The summed E-state index contributed by atoms with van der Waals surface area (Å²) < 4.78 is 6.53. The summed E-state index contributed by atoms with van der Waals surface area (Å²) >= 11 is 3.34. The van der Waals surface area contributed by atoms with Crippen molar-refractivity contribution in [3.63, 3.8) is 0 Å². The van der Waals surface area contributed by atoms with E-state index < -0.39 is 10.8 Å². The fourth-order valence-corrected chi connectivity index (χ4v) is 4.07. The summed E-state index contributed by atoms with van der Waals surface area (Å²) in [5, 5.41) is 21.6. The van der Waals surface area contributed by atoms with Gasteiger partial charge in [0.05, 0.1) is 22.0 Å². The number of nitrogens with zero attached hydrogens (tertiary/aromatic N) is 1. The van der Waals surface area contributed by atoms with E-state index in [0.29, 0.717) is 44.1 Å². The molecule has 4 N–H and O–H groups in total. The highest BCUT2D eigenvalue weighted by Crippen LogP contribution is 2.37. The van der Waals surface area contributed by atoms with Gasteiger partial charge in [0.15, 0.2) is 0 Å². The molecule has 0 atom stereocenters. The highest BCUT2D eigenvalue weighted by Gasteiger charge is 2.31. The maximum Gasteiger partial charge on any atom is 0.270 e. The number of aromatic amines is 4. The molecule has 0 spiro atoms. The summed E-state index contributed by atoms with van der Waals surface area (Å²) in [6, 6.07) is 7.72. The van der Waals surface area contributed by atoms with Crippen LogP contribution in [-0.2, 0) is 0 Å². The second-order valence-electron chi connectivity index (χ2n) is 6.79. The molecule has 4 aromatic rings. The van der Waals surface area contributed by atoms with Crippen LogP contribution in [-0.4, -0.2) is 25.3 Å². The summed E-state index contributed by atoms with van der Waals surface area (Å²) in [5.74, 6) is 0.0724. The van der Waals surface area contributed by atoms with Crippen molar-refractivity contribution in [1.82, 2.24) is 20.4 Å². The lowest BCUT2D eigenvalue weighted by atomic mass is 9.89. The quantitative estimate of drug-likeness (QED) is 0.258. The standard InChI is InChI=1S/C19H16BrN5O5/c1-8-15(18(26)23-21-8)17(16-9(2)22-24-19(16)27)14-6-5-13(30-14)11-4-3-10(25(28)29)7-12(11)20/h3-7,17H,1-2H3,(H2,21,23,26)(H2,22,24,27). The van der Waals surface area contributed by atoms with Crippen LogP contribution in [0, 0.1) is 24.0 Å². The molecule has 0 unspecified atom stereocenters. The van der Waals surface area contributed by atoms with Gasteiger partial charge in [-0.1, -0.05) is 0 Å². The molecule has 3 heterocycles. The minimum Gasteiger partial charge on any atom is -0.460 e. The molecule has 3 aromatic heterocycles. The van der Waals surface area contributed by atoms with E-state index in [0.717, 1.165) is 0 Å². The first-order chi connectivity index (χ1) is 14.3. The highest BCUT2D eigenvalue weighted by atomic mass is 79.9. The van der Waals surface area contributed by atoms with E-state index in [1.165, 1.54) is 12.1 Å². The molecule has 4 rings (SSSR count). The van der Waals surface area contributed by atoms with E-state index in [2.05, 4.69) is 36.3 Å². The zero-order chi connectivity index (χ0) is 21.6. The monoisotopic (exact) mass is 473 g/mol. The van der Waals surface area contributed by atoms with Gasteiger partial charge in [0, 0.05) is 33.6 Å². The van der Waals surface area contributed by atoms with E-state index in [9.17, 15) is 19.7 Å². The maximum atomic E-state index is 12.5. The van der Waals surface area contributed by atoms with Crippen LogP contribution in [0.4, 0.5) is 5.69 Å². The Balaban J connectivity index is 1.87. The second-order valence-corrected chi connectivity index (χ2v) is 7.65. The molecule has 0 aliphatic rings. The molecule has 0 fully saturated rings. The summed E-state index contributed by atoms with van der Waals surface area (Å²) in [6.45, 7) is 3.46. The predicted molar refractivity (Wildman–Crippen MR) is 112 cm³/mol. The Bertz CT molecular complexity index is 1320. The van der Waals surface area contributed by atoms with Crippen molar-refractivity contribution in [3.8, 4) is 11.3 Å². The van der Waals surface area contributed by atoms with Crippen LogP contribution >= 0.6 is 15.9 Å². The number of benzene rings is 1. The summed E-state index contributed by atoms with van der Waals surface area (Å²) in [4.78, 5) is 35.5. The molecule has 30 heavy (non-hydrogen) atoms. The van der Waals surface area contributed by atoms with Crippen LogP contribution in [0.1, 0.15) is 34.2 Å². The van der Waals surface area contributed by atoms with Gasteiger partial charge in [0.2, 0.25) is 0 Å². The van der Waals surface area contributed by atoms with Gasteiger partial charge in [-0.05, 0) is 48.0 Å². The van der Waals surface area contributed by atoms with Gasteiger partial charge in [-0.3, -0.25) is 29.9 Å². The number of halogens is 1. The Morgan fingerprint density at radius 2 is 1.57 bits per heavy atom. The van der Waals surface area contributed by atoms with Crippen molar-refractivity contribution in [2.75, 3.05) is 0 Å².